The zero-order chi connectivity index (χ0) is 19.7. The summed E-state index contributed by atoms with van der Waals surface area (Å²) in [6, 6.07) is 11.7. The first kappa shape index (κ1) is 24.3. The Hall–Kier alpha value is -1.74. The Morgan fingerprint density at radius 2 is 2.04 bits per heavy atom. The van der Waals surface area contributed by atoms with Crippen molar-refractivity contribution in [2.75, 3.05) is 26.7 Å². The van der Waals surface area contributed by atoms with Gasteiger partial charge < -0.3 is 24.9 Å². The number of hydrogen-bond donors (Lipinski definition) is 3. The van der Waals surface area contributed by atoms with Crippen molar-refractivity contribution in [3.63, 3.8) is 0 Å². The SMILES string of the molecule is CCNC(=NCC(C)(O)c1ccc(C)o1)NCCCc1cccc(OC)c1.I. The average Bonchev–Trinajstić information content (AvgIpc) is 3.10. The van der Waals surface area contributed by atoms with Crippen molar-refractivity contribution in [3.05, 3.63) is 53.5 Å². The van der Waals surface area contributed by atoms with E-state index in [1.807, 2.05) is 32.0 Å². The van der Waals surface area contributed by atoms with Gasteiger partial charge in [-0.05, 0) is 63.4 Å². The number of aliphatic imine (C=N–C) groups is 1. The van der Waals surface area contributed by atoms with E-state index in [9.17, 15) is 5.11 Å². The van der Waals surface area contributed by atoms with Crippen LogP contribution in [0.15, 0.2) is 45.8 Å². The van der Waals surface area contributed by atoms with Gasteiger partial charge in [-0.2, -0.15) is 0 Å². The van der Waals surface area contributed by atoms with E-state index < -0.39 is 5.60 Å². The van der Waals surface area contributed by atoms with E-state index in [4.69, 9.17) is 9.15 Å². The van der Waals surface area contributed by atoms with Crippen molar-refractivity contribution in [2.24, 2.45) is 4.99 Å². The number of hydrogen-bond acceptors (Lipinski definition) is 4. The van der Waals surface area contributed by atoms with Gasteiger partial charge >= 0.3 is 0 Å². The number of aryl methyl sites for hydroxylation is 2. The number of aliphatic hydroxyl groups is 1. The first-order chi connectivity index (χ1) is 12.9. The summed E-state index contributed by atoms with van der Waals surface area (Å²) in [5.74, 6) is 2.87. The molecule has 0 aliphatic rings. The lowest BCUT2D eigenvalue weighted by molar-refractivity contribution is 0.0428. The number of rotatable bonds is 9. The first-order valence-electron chi connectivity index (χ1n) is 9.39. The monoisotopic (exact) mass is 501 g/mol. The molecule has 1 heterocycles. The topological polar surface area (TPSA) is 79.0 Å². The van der Waals surface area contributed by atoms with E-state index in [0.29, 0.717) is 11.7 Å². The molecule has 7 heteroatoms. The Kier molecular flexibility index (Phi) is 10.4. The number of halogens is 1. The summed E-state index contributed by atoms with van der Waals surface area (Å²) in [4.78, 5) is 4.51. The van der Waals surface area contributed by atoms with Crippen LogP contribution in [0.25, 0.3) is 0 Å². The Labute approximate surface area is 184 Å². The van der Waals surface area contributed by atoms with Crippen molar-refractivity contribution >= 4 is 29.9 Å². The second-order valence-corrected chi connectivity index (χ2v) is 6.76. The second-order valence-electron chi connectivity index (χ2n) is 6.76. The summed E-state index contributed by atoms with van der Waals surface area (Å²) in [7, 11) is 1.68. The third kappa shape index (κ3) is 7.71. The maximum Gasteiger partial charge on any atom is 0.191 e. The smallest absolute Gasteiger partial charge is 0.191 e. The van der Waals surface area contributed by atoms with Crippen LogP contribution in [-0.2, 0) is 12.0 Å². The predicted octanol–water partition coefficient (Wildman–Crippen LogP) is 3.61. The molecule has 1 aromatic heterocycles. The molecule has 2 aromatic rings. The van der Waals surface area contributed by atoms with Gasteiger partial charge in [0.05, 0.1) is 13.7 Å². The number of methoxy groups -OCH3 is 1. The largest absolute Gasteiger partial charge is 0.497 e. The predicted molar refractivity (Wildman–Crippen MR) is 124 cm³/mol. The minimum atomic E-state index is -1.14. The highest BCUT2D eigenvalue weighted by atomic mass is 127. The summed E-state index contributed by atoms with van der Waals surface area (Å²) in [6.07, 6.45) is 1.92. The summed E-state index contributed by atoms with van der Waals surface area (Å²) in [5.41, 5.74) is 0.103. The van der Waals surface area contributed by atoms with Crippen molar-refractivity contribution < 1.29 is 14.3 Å². The van der Waals surface area contributed by atoms with Crippen LogP contribution in [0.4, 0.5) is 0 Å². The minimum absolute atomic E-state index is 0. The first-order valence-corrected chi connectivity index (χ1v) is 9.39. The molecule has 1 unspecified atom stereocenters. The molecule has 0 bridgehead atoms. The maximum atomic E-state index is 10.6. The molecular weight excluding hydrogens is 469 g/mol. The fourth-order valence-corrected chi connectivity index (χ4v) is 2.70. The summed E-state index contributed by atoms with van der Waals surface area (Å²) < 4.78 is 10.8. The fraction of sp³-hybridized carbons (Fsp3) is 0.476. The lowest BCUT2D eigenvalue weighted by Crippen LogP contribution is -2.39. The van der Waals surface area contributed by atoms with Gasteiger partial charge in [-0.25, -0.2) is 4.99 Å². The molecule has 1 aromatic carbocycles. The van der Waals surface area contributed by atoms with Gasteiger partial charge in [0, 0.05) is 13.1 Å². The van der Waals surface area contributed by atoms with Crippen LogP contribution < -0.4 is 15.4 Å². The molecule has 0 amide bonds. The second kappa shape index (κ2) is 12.0. The number of guanidine groups is 1. The van der Waals surface area contributed by atoms with Crippen molar-refractivity contribution in [1.29, 1.82) is 0 Å². The fourth-order valence-electron chi connectivity index (χ4n) is 2.70. The number of benzene rings is 1. The molecule has 0 fully saturated rings. The lowest BCUT2D eigenvalue weighted by atomic mass is 10.0. The summed E-state index contributed by atoms with van der Waals surface area (Å²) >= 11 is 0. The van der Waals surface area contributed by atoms with Gasteiger partial charge in [0.1, 0.15) is 22.9 Å². The van der Waals surface area contributed by atoms with E-state index >= 15 is 0 Å². The Morgan fingerprint density at radius 3 is 2.68 bits per heavy atom. The molecule has 0 aliphatic heterocycles. The molecule has 0 saturated heterocycles. The van der Waals surface area contributed by atoms with Crippen molar-refractivity contribution in [2.45, 2.75) is 39.2 Å². The number of ether oxygens (including phenoxy) is 1. The maximum absolute atomic E-state index is 10.6. The standard InChI is InChI=1S/C21H31N3O3.HI/c1-5-22-20(24-15-21(3,25)19-12-11-16(2)27-19)23-13-7-9-17-8-6-10-18(14-17)26-4;/h6,8,10-12,14,25H,5,7,9,13,15H2,1-4H3,(H2,22,23,24);1H. The van der Waals surface area contributed by atoms with Crippen LogP contribution in [0.5, 0.6) is 5.75 Å². The van der Waals surface area contributed by atoms with Crippen LogP contribution in [0.2, 0.25) is 0 Å². The van der Waals surface area contributed by atoms with E-state index in [1.165, 1.54) is 5.56 Å². The van der Waals surface area contributed by atoms with Gasteiger partial charge in [0.25, 0.3) is 0 Å². The zero-order valence-electron chi connectivity index (χ0n) is 17.1. The van der Waals surface area contributed by atoms with Crippen LogP contribution >= 0.6 is 24.0 Å². The van der Waals surface area contributed by atoms with E-state index in [2.05, 4.69) is 27.8 Å². The van der Waals surface area contributed by atoms with Gasteiger partial charge in [0.15, 0.2) is 5.96 Å². The third-order valence-electron chi connectivity index (χ3n) is 4.23. The zero-order valence-corrected chi connectivity index (χ0v) is 19.4. The van der Waals surface area contributed by atoms with Crippen LogP contribution in [0.3, 0.4) is 0 Å². The molecule has 0 aliphatic carbocycles. The highest BCUT2D eigenvalue weighted by Gasteiger charge is 2.26. The molecule has 0 saturated carbocycles. The van der Waals surface area contributed by atoms with Crippen molar-refractivity contribution in [1.82, 2.24) is 10.6 Å². The quantitative estimate of drug-likeness (QED) is 0.212. The van der Waals surface area contributed by atoms with Gasteiger partial charge in [-0.3, -0.25) is 0 Å². The normalized spacial score (nSPS) is 13.4. The number of nitrogens with zero attached hydrogens (tertiary/aromatic N) is 1. The van der Waals surface area contributed by atoms with Gasteiger partial charge in [-0.1, -0.05) is 12.1 Å². The third-order valence-corrected chi connectivity index (χ3v) is 4.23. The summed E-state index contributed by atoms with van der Waals surface area (Å²) in [6.45, 7) is 7.33. The van der Waals surface area contributed by atoms with Crippen LogP contribution in [0, 0.1) is 6.92 Å². The molecule has 1 atom stereocenters. The Bertz CT molecular complexity index is 744. The molecule has 0 spiro atoms. The lowest BCUT2D eigenvalue weighted by Gasteiger charge is -2.19. The van der Waals surface area contributed by atoms with Crippen LogP contribution in [0.1, 0.15) is 37.4 Å². The van der Waals surface area contributed by atoms with Crippen LogP contribution in [-0.4, -0.2) is 37.8 Å². The molecule has 28 heavy (non-hydrogen) atoms. The van der Waals surface area contributed by atoms with E-state index in [-0.39, 0.29) is 30.5 Å². The molecule has 3 N–H and O–H groups in total. The highest BCUT2D eigenvalue weighted by Crippen LogP contribution is 2.23. The van der Waals surface area contributed by atoms with Gasteiger partial charge in [0.2, 0.25) is 0 Å². The van der Waals surface area contributed by atoms with E-state index in [0.717, 1.165) is 37.4 Å². The van der Waals surface area contributed by atoms with E-state index in [1.54, 1.807) is 20.1 Å². The molecule has 2 rings (SSSR count). The van der Waals surface area contributed by atoms with Gasteiger partial charge in [-0.15, -0.1) is 24.0 Å². The van der Waals surface area contributed by atoms with Crippen molar-refractivity contribution in [3.8, 4) is 5.75 Å². The minimum Gasteiger partial charge on any atom is -0.497 e. The summed E-state index contributed by atoms with van der Waals surface area (Å²) in [5, 5.41) is 17.1. The Balaban J connectivity index is 0.00000392. The highest BCUT2D eigenvalue weighted by molar-refractivity contribution is 14.0. The molecule has 156 valence electrons. The molecule has 0 radical (unpaired) electrons. The average molecular weight is 501 g/mol. The number of nitrogens with one attached hydrogen (secondary N) is 2. The Morgan fingerprint density at radius 1 is 1.25 bits per heavy atom. The molecular formula is C21H32IN3O3. The number of furan rings is 1. The molecule has 6 nitrogen and oxygen atoms in total.